The van der Waals surface area contributed by atoms with Crippen LogP contribution >= 0.6 is 0 Å². The largest absolute Gasteiger partial charge is 0.369 e. The Morgan fingerprint density at radius 1 is 1.21 bits per heavy atom. The lowest BCUT2D eigenvalue weighted by molar-refractivity contribution is -0.121. The second-order valence-electron chi connectivity index (χ2n) is 8.09. The fourth-order valence-electron chi connectivity index (χ4n) is 3.55. The van der Waals surface area contributed by atoms with Gasteiger partial charge in [0.25, 0.3) is 11.5 Å². The third-order valence-electron chi connectivity index (χ3n) is 5.43. The van der Waals surface area contributed by atoms with Crippen LogP contribution in [0, 0.1) is 11.7 Å². The first-order chi connectivity index (χ1) is 15.6. The Hall–Kier alpha value is -3.82. The highest BCUT2D eigenvalue weighted by molar-refractivity contribution is 6.05. The van der Waals surface area contributed by atoms with Crippen LogP contribution in [-0.2, 0) is 17.8 Å². The van der Waals surface area contributed by atoms with Gasteiger partial charge in [-0.25, -0.2) is 14.2 Å². The average molecular weight is 455 g/mol. The number of nitrogens with two attached hydrogens (primary N) is 1. The zero-order valence-electron chi connectivity index (χ0n) is 18.6. The van der Waals surface area contributed by atoms with E-state index in [9.17, 15) is 23.6 Å². The van der Waals surface area contributed by atoms with Crippen LogP contribution in [0.2, 0.25) is 0 Å². The van der Waals surface area contributed by atoms with E-state index in [0.29, 0.717) is 11.3 Å². The number of fused-ring (bicyclic) bond motifs is 1. The average Bonchev–Trinajstić information content (AvgIpc) is 2.76. The van der Waals surface area contributed by atoms with Gasteiger partial charge in [0.2, 0.25) is 5.91 Å². The molecule has 1 atom stereocenters. The summed E-state index contributed by atoms with van der Waals surface area (Å²) in [7, 11) is 0. The summed E-state index contributed by atoms with van der Waals surface area (Å²) >= 11 is 0. The van der Waals surface area contributed by atoms with E-state index in [2.05, 4.69) is 15.3 Å². The molecule has 0 saturated heterocycles. The smallest absolute Gasteiger partial charge is 0.329 e. The molecule has 0 aliphatic rings. The number of rotatable bonds is 8. The monoisotopic (exact) mass is 455 g/mol. The van der Waals surface area contributed by atoms with Gasteiger partial charge in [-0.3, -0.25) is 23.9 Å². The van der Waals surface area contributed by atoms with Crippen LogP contribution in [-0.4, -0.2) is 32.9 Å². The molecule has 0 aliphatic carbocycles. The Morgan fingerprint density at radius 2 is 1.88 bits per heavy atom. The van der Waals surface area contributed by atoms with Crippen LogP contribution in [0.5, 0.6) is 0 Å². The molecule has 10 heteroatoms. The molecule has 4 N–H and O–H groups in total. The third kappa shape index (κ3) is 5.16. The van der Waals surface area contributed by atoms with Crippen molar-refractivity contribution in [3.05, 3.63) is 73.8 Å². The Balaban J connectivity index is 1.96. The predicted molar refractivity (Wildman–Crippen MR) is 122 cm³/mol. The second kappa shape index (κ2) is 9.76. The third-order valence-corrected chi connectivity index (χ3v) is 5.43. The van der Waals surface area contributed by atoms with E-state index in [1.807, 2.05) is 13.8 Å². The number of nitrogens with zero attached hydrogens (tertiary/aromatic N) is 2. The number of hydrogen-bond donors (Lipinski definition) is 3. The molecule has 3 aromatic rings. The molecular weight excluding hydrogens is 429 g/mol. The van der Waals surface area contributed by atoms with E-state index >= 15 is 0 Å². The SMILES string of the molecule is CCn1c(=O)[nH]c(=O)c2c(C(=O)NCC(Cc3ccc(F)cc3)C(N)=O)cc(C(C)C)nc21. The van der Waals surface area contributed by atoms with Crippen LogP contribution < -0.4 is 22.3 Å². The summed E-state index contributed by atoms with van der Waals surface area (Å²) in [5.74, 6) is -2.44. The van der Waals surface area contributed by atoms with Gasteiger partial charge in [-0.15, -0.1) is 0 Å². The van der Waals surface area contributed by atoms with Crippen molar-refractivity contribution < 1.29 is 14.0 Å². The highest BCUT2D eigenvalue weighted by Gasteiger charge is 2.22. The number of pyridine rings is 1. The number of aryl methyl sites for hydroxylation is 1. The molecule has 0 aliphatic heterocycles. The summed E-state index contributed by atoms with van der Waals surface area (Å²) in [6.45, 7) is 5.66. The van der Waals surface area contributed by atoms with E-state index in [4.69, 9.17) is 5.73 Å². The first-order valence-corrected chi connectivity index (χ1v) is 10.6. The fourth-order valence-corrected chi connectivity index (χ4v) is 3.55. The lowest BCUT2D eigenvalue weighted by Crippen LogP contribution is -2.38. The Morgan fingerprint density at radius 3 is 2.45 bits per heavy atom. The number of aromatic nitrogens is 3. The van der Waals surface area contributed by atoms with E-state index in [1.54, 1.807) is 19.1 Å². The summed E-state index contributed by atoms with van der Waals surface area (Å²) in [5.41, 5.74) is 5.59. The number of halogens is 1. The number of hydrogen-bond acceptors (Lipinski definition) is 5. The number of H-pyrrole nitrogens is 1. The predicted octanol–water partition coefficient (Wildman–Crippen LogP) is 1.44. The Kier molecular flexibility index (Phi) is 7.05. The van der Waals surface area contributed by atoms with Crippen LogP contribution in [0.1, 0.15) is 48.3 Å². The molecule has 0 spiro atoms. The lowest BCUT2D eigenvalue weighted by Gasteiger charge is -2.17. The van der Waals surface area contributed by atoms with Gasteiger partial charge in [-0.2, -0.15) is 0 Å². The minimum absolute atomic E-state index is 0.00694. The molecule has 2 heterocycles. The molecule has 2 aromatic heterocycles. The van der Waals surface area contributed by atoms with Crippen molar-refractivity contribution in [1.82, 2.24) is 19.9 Å². The second-order valence-corrected chi connectivity index (χ2v) is 8.09. The summed E-state index contributed by atoms with van der Waals surface area (Å²) in [6, 6.07) is 7.16. The van der Waals surface area contributed by atoms with E-state index in [0.717, 1.165) is 0 Å². The lowest BCUT2D eigenvalue weighted by atomic mass is 9.98. The maximum Gasteiger partial charge on any atom is 0.329 e. The number of aromatic amines is 1. The topological polar surface area (TPSA) is 140 Å². The molecule has 9 nitrogen and oxygen atoms in total. The summed E-state index contributed by atoms with van der Waals surface area (Å²) in [5, 5.41) is 2.66. The number of primary amides is 1. The van der Waals surface area contributed by atoms with E-state index in [1.165, 1.54) is 22.8 Å². The quantitative estimate of drug-likeness (QED) is 0.472. The van der Waals surface area contributed by atoms with Gasteiger partial charge in [0.05, 0.1) is 16.9 Å². The molecule has 174 valence electrons. The van der Waals surface area contributed by atoms with Crippen molar-refractivity contribution in [2.75, 3.05) is 6.54 Å². The molecule has 2 amide bonds. The highest BCUT2D eigenvalue weighted by atomic mass is 19.1. The molecule has 0 fully saturated rings. The number of amides is 2. The molecule has 1 unspecified atom stereocenters. The van der Waals surface area contributed by atoms with Crippen LogP contribution in [0.3, 0.4) is 0 Å². The number of carbonyl (C=O) groups excluding carboxylic acids is 2. The first kappa shape index (κ1) is 23.8. The van der Waals surface area contributed by atoms with Crippen molar-refractivity contribution >= 4 is 22.8 Å². The summed E-state index contributed by atoms with van der Waals surface area (Å²) < 4.78 is 14.4. The Bertz CT molecular complexity index is 1310. The van der Waals surface area contributed by atoms with E-state index in [-0.39, 0.29) is 42.0 Å². The van der Waals surface area contributed by atoms with Crippen LogP contribution in [0.4, 0.5) is 4.39 Å². The van der Waals surface area contributed by atoms with Gasteiger partial charge in [0.1, 0.15) is 5.82 Å². The van der Waals surface area contributed by atoms with Crippen molar-refractivity contribution in [2.24, 2.45) is 11.7 Å². The molecule has 1 aromatic carbocycles. The van der Waals surface area contributed by atoms with Crippen molar-refractivity contribution in [3.63, 3.8) is 0 Å². The van der Waals surface area contributed by atoms with Gasteiger partial charge in [-0.05, 0) is 43.0 Å². The molecule has 33 heavy (non-hydrogen) atoms. The fraction of sp³-hybridized carbons (Fsp3) is 0.348. The zero-order chi connectivity index (χ0) is 24.3. The van der Waals surface area contributed by atoms with Gasteiger partial charge in [0.15, 0.2) is 5.65 Å². The van der Waals surface area contributed by atoms with Crippen molar-refractivity contribution in [1.29, 1.82) is 0 Å². The molecule has 0 bridgehead atoms. The minimum atomic E-state index is -0.746. The summed E-state index contributed by atoms with van der Waals surface area (Å²) in [6.07, 6.45) is 0.209. The number of benzene rings is 1. The standard InChI is InChI=1S/C23H26FN5O4/c1-4-29-20-18(22(32)28-23(29)33)16(10-17(27-20)12(2)3)21(31)26-11-14(19(25)30)9-13-5-7-15(24)8-6-13/h5-8,10,12,14H,4,9,11H2,1-3H3,(H2,25,30)(H,26,31)(H,28,32,33). The number of nitrogens with one attached hydrogen (secondary N) is 2. The molecule has 0 saturated carbocycles. The van der Waals surface area contributed by atoms with Gasteiger partial charge >= 0.3 is 5.69 Å². The first-order valence-electron chi connectivity index (χ1n) is 10.6. The maximum absolute atomic E-state index is 13.1. The van der Waals surface area contributed by atoms with Crippen molar-refractivity contribution in [3.8, 4) is 0 Å². The normalized spacial score (nSPS) is 12.2. The minimum Gasteiger partial charge on any atom is -0.369 e. The summed E-state index contributed by atoms with van der Waals surface area (Å²) in [4.78, 5) is 56.6. The van der Waals surface area contributed by atoms with Gasteiger partial charge < -0.3 is 11.1 Å². The van der Waals surface area contributed by atoms with Crippen molar-refractivity contribution in [2.45, 2.75) is 39.7 Å². The van der Waals surface area contributed by atoms with Gasteiger partial charge in [-0.1, -0.05) is 26.0 Å². The van der Waals surface area contributed by atoms with Crippen LogP contribution in [0.25, 0.3) is 11.0 Å². The van der Waals surface area contributed by atoms with Crippen LogP contribution in [0.15, 0.2) is 39.9 Å². The Labute approximate surface area is 188 Å². The van der Waals surface area contributed by atoms with Gasteiger partial charge in [0, 0.05) is 18.8 Å². The molecular formula is C23H26FN5O4. The number of carbonyl (C=O) groups is 2. The highest BCUT2D eigenvalue weighted by Crippen LogP contribution is 2.20. The zero-order valence-corrected chi connectivity index (χ0v) is 18.6. The van der Waals surface area contributed by atoms with E-state index < -0.39 is 34.8 Å². The molecule has 0 radical (unpaired) electrons. The maximum atomic E-state index is 13.1. The molecule has 3 rings (SSSR count).